The van der Waals surface area contributed by atoms with Gasteiger partial charge in [-0.2, -0.15) is 0 Å². The molecule has 29 heavy (non-hydrogen) atoms. The zero-order chi connectivity index (χ0) is 20.1. The summed E-state index contributed by atoms with van der Waals surface area (Å²) >= 11 is 0. The van der Waals surface area contributed by atoms with E-state index in [2.05, 4.69) is 4.74 Å². The fourth-order valence-electron chi connectivity index (χ4n) is 3.92. The van der Waals surface area contributed by atoms with E-state index in [9.17, 15) is 13.2 Å². The van der Waals surface area contributed by atoms with Gasteiger partial charge in [0.1, 0.15) is 11.5 Å². The van der Waals surface area contributed by atoms with Crippen LogP contribution in [0, 0.1) is 5.92 Å². The molecule has 2 aromatic rings. The van der Waals surface area contributed by atoms with Crippen LogP contribution in [0.4, 0.5) is 13.2 Å². The fourth-order valence-corrected chi connectivity index (χ4v) is 3.92. The predicted octanol–water partition coefficient (Wildman–Crippen LogP) is 5.28. The van der Waals surface area contributed by atoms with Crippen molar-refractivity contribution in [3.63, 3.8) is 0 Å². The van der Waals surface area contributed by atoms with Gasteiger partial charge >= 0.3 is 6.36 Å². The summed E-state index contributed by atoms with van der Waals surface area (Å²) in [5.41, 5.74) is 1.81. The summed E-state index contributed by atoms with van der Waals surface area (Å²) < 4.78 is 47.7. The minimum atomic E-state index is -4.73. The highest BCUT2D eigenvalue weighted by Gasteiger charge is 2.33. The van der Waals surface area contributed by atoms with Gasteiger partial charge in [-0.25, -0.2) is 5.01 Å². The number of hydrogen-bond donors (Lipinski definition) is 1. The number of hydrogen-bond acceptors (Lipinski definition) is 4. The van der Waals surface area contributed by atoms with E-state index < -0.39 is 6.36 Å². The van der Waals surface area contributed by atoms with Crippen LogP contribution in [-0.2, 0) is 6.42 Å². The van der Waals surface area contributed by atoms with Gasteiger partial charge in [-0.05, 0) is 61.4 Å². The van der Waals surface area contributed by atoms with Crippen molar-refractivity contribution < 1.29 is 22.6 Å². The van der Waals surface area contributed by atoms with Crippen molar-refractivity contribution in [1.82, 2.24) is 5.01 Å². The highest BCUT2D eigenvalue weighted by Crippen LogP contribution is 2.39. The molecule has 2 atom stereocenters. The topological polar surface area (TPSA) is 47.7 Å². The number of alkyl halides is 3. The van der Waals surface area contributed by atoms with E-state index in [0.717, 1.165) is 24.9 Å². The molecule has 0 saturated carbocycles. The molecule has 1 heterocycles. The van der Waals surface area contributed by atoms with Gasteiger partial charge in [-0.1, -0.05) is 30.3 Å². The largest absolute Gasteiger partial charge is 0.573 e. The zero-order valence-corrected chi connectivity index (χ0v) is 17.0. The number of hydrazine groups is 1. The van der Waals surface area contributed by atoms with Gasteiger partial charge < -0.3 is 9.47 Å². The summed E-state index contributed by atoms with van der Waals surface area (Å²) in [6.07, 6.45) is -2.30. The Labute approximate surface area is 175 Å². The maximum atomic E-state index is 12.6. The lowest BCUT2D eigenvalue weighted by atomic mass is 9.81. The number of piperidine rings is 1. The molecule has 8 heteroatoms. The van der Waals surface area contributed by atoms with Crippen LogP contribution in [0.1, 0.15) is 36.9 Å². The van der Waals surface area contributed by atoms with Crippen molar-refractivity contribution in [2.24, 2.45) is 11.8 Å². The second-order valence-corrected chi connectivity index (χ2v) is 6.95. The van der Waals surface area contributed by atoms with Gasteiger partial charge in [0.15, 0.2) is 0 Å². The first-order chi connectivity index (χ1) is 13.4. The van der Waals surface area contributed by atoms with E-state index in [1.54, 1.807) is 6.07 Å². The van der Waals surface area contributed by atoms with E-state index in [-0.39, 0.29) is 30.1 Å². The molecule has 160 valence electrons. The predicted molar refractivity (Wildman–Crippen MR) is 108 cm³/mol. The Bertz CT molecular complexity index is 774. The van der Waals surface area contributed by atoms with E-state index in [0.29, 0.717) is 24.3 Å². The van der Waals surface area contributed by atoms with Crippen LogP contribution < -0.4 is 15.3 Å². The number of nitrogens with two attached hydrogens (primary N) is 1. The molecule has 0 unspecified atom stereocenters. The van der Waals surface area contributed by atoms with Crippen LogP contribution >= 0.6 is 12.4 Å². The Morgan fingerprint density at radius 1 is 1.14 bits per heavy atom. The summed E-state index contributed by atoms with van der Waals surface area (Å²) in [7, 11) is 0. The van der Waals surface area contributed by atoms with E-state index in [1.807, 2.05) is 42.3 Å². The molecule has 1 aliphatic heterocycles. The summed E-state index contributed by atoms with van der Waals surface area (Å²) in [5, 5.41) is 1.83. The highest BCUT2D eigenvalue weighted by molar-refractivity contribution is 5.85. The minimum Gasteiger partial charge on any atom is -0.494 e. The molecule has 1 aliphatic rings. The van der Waals surface area contributed by atoms with Crippen molar-refractivity contribution in [2.75, 3.05) is 13.2 Å². The molecule has 1 saturated heterocycles. The van der Waals surface area contributed by atoms with Crippen molar-refractivity contribution >= 4 is 12.4 Å². The van der Waals surface area contributed by atoms with Gasteiger partial charge in [0, 0.05) is 6.54 Å². The monoisotopic (exact) mass is 430 g/mol. The molecule has 0 aromatic heterocycles. The second-order valence-electron chi connectivity index (χ2n) is 6.95. The summed E-state index contributed by atoms with van der Waals surface area (Å²) in [4.78, 5) is 0. The first-order valence-corrected chi connectivity index (χ1v) is 9.45. The van der Waals surface area contributed by atoms with Crippen LogP contribution in [0.2, 0.25) is 0 Å². The van der Waals surface area contributed by atoms with Gasteiger partial charge in [-0.3, -0.25) is 5.84 Å². The van der Waals surface area contributed by atoms with Crippen LogP contribution in [0.5, 0.6) is 11.5 Å². The number of nitrogens with zero attached hydrogens (tertiary/aromatic N) is 1. The maximum absolute atomic E-state index is 12.6. The van der Waals surface area contributed by atoms with Crippen LogP contribution in [0.25, 0.3) is 0 Å². The first-order valence-electron chi connectivity index (χ1n) is 9.45. The van der Waals surface area contributed by atoms with E-state index >= 15 is 0 Å². The minimum absolute atomic E-state index is 0. The molecular weight excluding hydrogens is 405 g/mol. The van der Waals surface area contributed by atoms with Crippen LogP contribution in [0.15, 0.2) is 48.5 Å². The molecule has 2 N–H and O–H groups in total. The standard InChI is InChI=1S/C21H25F3N2O2.ClH/c1-2-27-19-11-10-18(28-21(22,23)24)14-17(19)13-16-9-6-12-26(25)20(16)15-7-4-3-5-8-15;/h3-5,7-8,10-11,14,16,20H,2,6,9,12-13,25H2,1H3;1H/t16-,20+;/m0./s1. The molecule has 0 amide bonds. The Morgan fingerprint density at radius 2 is 1.86 bits per heavy atom. The molecule has 0 aliphatic carbocycles. The molecular formula is C21H26ClF3N2O2. The molecule has 1 fully saturated rings. The Morgan fingerprint density at radius 3 is 2.52 bits per heavy atom. The molecule has 0 bridgehead atoms. The SMILES string of the molecule is CCOc1ccc(OC(F)(F)F)cc1C[C@@H]1CCCN(N)[C@@H]1c1ccccc1.Cl. The maximum Gasteiger partial charge on any atom is 0.573 e. The molecule has 0 spiro atoms. The van der Waals surface area contributed by atoms with E-state index in [1.165, 1.54) is 12.1 Å². The molecule has 0 radical (unpaired) electrons. The third-order valence-electron chi connectivity index (χ3n) is 4.98. The van der Waals surface area contributed by atoms with Crippen LogP contribution in [0.3, 0.4) is 0 Å². The number of ether oxygens (including phenoxy) is 2. The molecule has 4 nitrogen and oxygen atoms in total. The van der Waals surface area contributed by atoms with Crippen LogP contribution in [-0.4, -0.2) is 24.5 Å². The number of rotatable bonds is 6. The zero-order valence-electron chi connectivity index (χ0n) is 16.2. The Balaban J connectivity index is 0.00000300. The van der Waals surface area contributed by atoms with Gasteiger partial charge in [0.25, 0.3) is 0 Å². The lowest BCUT2D eigenvalue weighted by Crippen LogP contribution is -2.44. The average molecular weight is 431 g/mol. The van der Waals surface area contributed by atoms with Gasteiger partial charge in [0.05, 0.1) is 12.6 Å². The molecule has 2 aromatic carbocycles. The van der Waals surface area contributed by atoms with E-state index in [4.69, 9.17) is 10.6 Å². The third-order valence-corrected chi connectivity index (χ3v) is 4.98. The van der Waals surface area contributed by atoms with Gasteiger partial charge in [-0.15, -0.1) is 25.6 Å². The van der Waals surface area contributed by atoms with Crippen molar-refractivity contribution in [3.05, 3.63) is 59.7 Å². The normalized spacial score (nSPS) is 20.0. The fraction of sp³-hybridized carbons (Fsp3) is 0.429. The lowest BCUT2D eigenvalue weighted by Gasteiger charge is -2.39. The van der Waals surface area contributed by atoms with Gasteiger partial charge in [0.2, 0.25) is 0 Å². The summed E-state index contributed by atoms with van der Waals surface area (Å²) in [6.45, 7) is 3.06. The Kier molecular flexibility index (Phi) is 8.19. The lowest BCUT2D eigenvalue weighted by molar-refractivity contribution is -0.274. The van der Waals surface area contributed by atoms with Crippen molar-refractivity contribution in [1.29, 1.82) is 0 Å². The first kappa shape index (κ1) is 23.3. The second kappa shape index (κ2) is 10.2. The molecule has 3 rings (SSSR count). The quantitative estimate of drug-likeness (QED) is 0.634. The van der Waals surface area contributed by atoms with Crippen molar-refractivity contribution in [3.8, 4) is 11.5 Å². The smallest absolute Gasteiger partial charge is 0.494 e. The summed E-state index contributed by atoms with van der Waals surface area (Å²) in [6, 6.07) is 14.2. The number of halogens is 4. The highest BCUT2D eigenvalue weighted by atomic mass is 35.5. The Hall–Kier alpha value is -1.96. The third kappa shape index (κ3) is 6.26. The van der Waals surface area contributed by atoms with Crippen molar-refractivity contribution in [2.45, 2.75) is 38.6 Å². The summed E-state index contributed by atoms with van der Waals surface area (Å²) in [5.74, 6) is 6.80. The average Bonchev–Trinajstić information content (AvgIpc) is 2.63. The number of benzene rings is 2.